The Morgan fingerprint density at radius 1 is 0.825 bits per heavy atom. The number of ether oxygens (including phenoxy) is 3. The van der Waals surface area contributed by atoms with Crippen molar-refractivity contribution in [3.8, 4) is 28.4 Å². The van der Waals surface area contributed by atoms with E-state index >= 15 is 0 Å². The molecule has 63 heavy (non-hydrogen) atoms. The zero-order valence-corrected chi connectivity index (χ0v) is 35.6. The van der Waals surface area contributed by atoms with E-state index in [1.807, 2.05) is 72.8 Å². The second-order valence-electron chi connectivity index (χ2n) is 15.7. The topological polar surface area (TPSA) is 97.3 Å². The summed E-state index contributed by atoms with van der Waals surface area (Å²) in [4.78, 5) is 29.2. The van der Waals surface area contributed by atoms with Crippen LogP contribution >= 0.6 is 23.2 Å². The van der Waals surface area contributed by atoms with Gasteiger partial charge in [0.05, 0.1) is 21.7 Å². The van der Waals surface area contributed by atoms with Crippen LogP contribution in [0.15, 0.2) is 133 Å². The zero-order chi connectivity index (χ0) is 44.3. The molecule has 0 radical (unpaired) electrons. The van der Waals surface area contributed by atoms with Gasteiger partial charge in [0.1, 0.15) is 25.0 Å². The van der Waals surface area contributed by atoms with Gasteiger partial charge in [-0.3, -0.25) is 9.69 Å². The highest BCUT2D eigenvalue weighted by atomic mass is 35.5. The molecule has 8 nitrogen and oxygen atoms in total. The molecular formula is C50H43Cl2F3N2O6. The van der Waals surface area contributed by atoms with Gasteiger partial charge in [-0.2, -0.15) is 13.2 Å². The smallest absolute Gasteiger partial charge is 0.416 e. The van der Waals surface area contributed by atoms with Crippen molar-refractivity contribution in [2.75, 3.05) is 6.61 Å². The number of carbonyl (C=O) groups is 2. The molecule has 0 aromatic heterocycles. The highest BCUT2D eigenvalue weighted by molar-refractivity contribution is 6.42. The fourth-order valence-corrected chi connectivity index (χ4v) is 8.53. The van der Waals surface area contributed by atoms with Crippen LogP contribution in [0.25, 0.3) is 11.1 Å². The molecule has 324 valence electrons. The van der Waals surface area contributed by atoms with Gasteiger partial charge in [-0.05, 0) is 106 Å². The van der Waals surface area contributed by atoms with Crippen LogP contribution in [0.3, 0.4) is 0 Å². The first-order chi connectivity index (χ1) is 30.3. The molecule has 0 saturated heterocycles. The fourth-order valence-electron chi connectivity index (χ4n) is 8.21. The fraction of sp³-hybridized carbons (Fsp3) is 0.240. The number of hydrogen-bond acceptors (Lipinski definition) is 6. The summed E-state index contributed by atoms with van der Waals surface area (Å²) >= 11 is 12.2. The third-order valence-electron chi connectivity index (χ3n) is 11.6. The number of benzene rings is 6. The Bertz CT molecular complexity index is 2570. The lowest BCUT2D eigenvalue weighted by Gasteiger charge is -2.42. The van der Waals surface area contributed by atoms with Crippen LogP contribution in [0.4, 0.5) is 13.2 Å². The molecule has 0 aliphatic carbocycles. The number of carboxylic acid groups (broad SMARTS) is 1. The van der Waals surface area contributed by atoms with Gasteiger partial charge >= 0.3 is 12.1 Å². The van der Waals surface area contributed by atoms with Crippen LogP contribution in [-0.2, 0) is 41.8 Å². The van der Waals surface area contributed by atoms with Crippen molar-refractivity contribution < 1.29 is 42.1 Å². The van der Waals surface area contributed by atoms with Gasteiger partial charge in [-0.25, -0.2) is 4.79 Å². The van der Waals surface area contributed by atoms with Gasteiger partial charge in [0, 0.05) is 19.0 Å². The molecule has 0 bridgehead atoms. The number of carbonyl (C=O) groups excluding carboxylic acids is 1. The Hall–Kier alpha value is -6.01. The second-order valence-corrected chi connectivity index (χ2v) is 16.5. The molecule has 8 rings (SSSR count). The molecule has 2 aliphatic rings. The van der Waals surface area contributed by atoms with Crippen LogP contribution < -0.4 is 19.5 Å². The molecule has 2 aliphatic heterocycles. The molecule has 4 atom stereocenters. The maximum atomic E-state index is 14.4. The van der Waals surface area contributed by atoms with Gasteiger partial charge in [-0.1, -0.05) is 115 Å². The van der Waals surface area contributed by atoms with Crippen molar-refractivity contribution in [2.45, 2.75) is 69.7 Å². The minimum atomic E-state index is -4.44. The highest BCUT2D eigenvalue weighted by Crippen LogP contribution is 2.43. The number of amides is 1. The van der Waals surface area contributed by atoms with Crippen molar-refractivity contribution in [3.63, 3.8) is 0 Å². The molecule has 6 aromatic carbocycles. The molecule has 4 unspecified atom stereocenters. The number of nitrogens with one attached hydrogen (secondary N) is 1. The van der Waals surface area contributed by atoms with Crippen LogP contribution in [0.1, 0.15) is 64.4 Å². The summed E-state index contributed by atoms with van der Waals surface area (Å²) in [6.07, 6.45) is -3.81. The molecule has 0 saturated carbocycles. The molecule has 1 amide bonds. The minimum absolute atomic E-state index is 0.00188. The van der Waals surface area contributed by atoms with Crippen molar-refractivity contribution in [1.29, 1.82) is 0 Å². The maximum absolute atomic E-state index is 14.4. The average molecular weight is 896 g/mol. The first-order valence-electron chi connectivity index (χ1n) is 20.6. The summed E-state index contributed by atoms with van der Waals surface area (Å²) in [5.41, 5.74) is 5.90. The Kier molecular flexibility index (Phi) is 13.0. The van der Waals surface area contributed by atoms with Crippen molar-refractivity contribution in [3.05, 3.63) is 182 Å². The van der Waals surface area contributed by atoms with Gasteiger partial charge in [-0.15, -0.1) is 0 Å². The first kappa shape index (κ1) is 43.6. The van der Waals surface area contributed by atoms with E-state index in [-0.39, 0.29) is 25.2 Å². The average Bonchev–Trinajstić information content (AvgIpc) is 3.29. The van der Waals surface area contributed by atoms with E-state index in [1.54, 1.807) is 36.4 Å². The van der Waals surface area contributed by atoms with E-state index in [4.69, 9.17) is 37.4 Å². The Morgan fingerprint density at radius 2 is 1.49 bits per heavy atom. The Morgan fingerprint density at radius 3 is 2.14 bits per heavy atom. The summed E-state index contributed by atoms with van der Waals surface area (Å²) in [6, 6.07) is 36.5. The van der Waals surface area contributed by atoms with Gasteiger partial charge in [0.15, 0.2) is 17.6 Å². The number of aliphatic carboxylic acids is 1. The van der Waals surface area contributed by atoms with E-state index in [1.165, 1.54) is 12.1 Å². The summed E-state index contributed by atoms with van der Waals surface area (Å²) in [7, 11) is 0. The van der Waals surface area contributed by atoms with Crippen LogP contribution in [0.5, 0.6) is 17.2 Å². The normalized spacial score (nSPS) is 17.0. The first-order valence-corrected chi connectivity index (χ1v) is 21.3. The summed E-state index contributed by atoms with van der Waals surface area (Å²) in [5, 5.41) is 14.1. The highest BCUT2D eigenvalue weighted by Gasteiger charge is 2.39. The summed E-state index contributed by atoms with van der Waals surface area (Å²) in [6.45, 7) is 3.06. The van der Waals surface area contributed by atoms with Gasteiger partial charge in [0.2, 0.25) is 5.91 Å². The lowest BCUT2D eigenvalue weighted by molar-refractivity contribution is -0.143. The third-order valence-corrected chi connectivity index (χ3v) is 12.3. The molecule has 6 aromatic rings. The second kappa shape index (κ2) is 18.8. The van der Waals surface area contributed by atoms with E-state index in [2.05, 4.69) is 17.1 Å². The minimum Gasteiger partial charge on any atom is -0.489 e. The standard InChI is InChI=1S/C50H43Cl2F3N2O6/c1-2-43(34-6-4-3-5-7-34)57-27-37-26-46-45(62-29-47(63-46)35-15-19-39(20-16-35)61-28-31-10-21-40(51)41(52)22-31)25-36(37)24-44(57)48(58)56-42(49(59)60)23-30-8-11-32(12-9-30)33-13-17-38(18-14-33)50(53,54)55/h3-22,25-26,42-44,47H,2,23-24,27-29H2,1H3,(H,56,58)(H,59,60). The molecule has 13 heteroatoms. The molecular weight excluding hydrogens is 852 g/mol. The van der Waals surface area contributed by atoms with Crippen molar-refractivity contribution >= 4 is 35.1 Å². The molecule has 2 N–H and O–H groups in total. The lowest BCUT2D eigenvalue weighted by atomic mass is 9.89. The van der Waals surface area contributed by atoms with Gasteiger partial charge in [0.25, 0.3) is 0 Å². The largest absolute Gasteiger partial charge is 0.489 e. The van der Waals surface area contributed by atoms with Crippen LogP contribution in [0.2, 0.25) is 10.0 Å². The predicted octanol–water partition coefficient (Wildman–Crippen LogP) is 11.5. The number of rotatable bonds is 13. The van der Waals surface area contributed by atoms with Crippen molar-refractivity contribution in [2.24, 2.45) is 0 Å². The van der Waals surface area contributed by atoms with E-state index in [0.29, 0.717) is 70.0 Å². The van der Waals surface area contributed by atoms with E-state index in [0.717, 1.165) is 39.9 Å². The number of hydrogen-bond donors (Lipinski definition) is 2. The van der Waals surface area contributed by atoms with E-state index < -0.39 is 35.7 Å². The maximum Gasteiger partial charge on any atom is 0.416 e. The number of fused-ring (bicyclic) bond motifs is 2. The summed E-state index contributed by atoms with van der Waals surface area (Å²) in [5.74, 6) is 0.242. The molecule has 2 heterocycles. The van der Waals surface area contributed by atoms with E-state index in [9.17, 15) is 27.9 Å². The van der Waals surface area contributed by atoms with Crippen molar-refractivity contribution in [1.82, 2.24) is 10.2 Å². The number of nitrogens with zero attached hydrogens (tertiary/aromatic N) is 1. The Labute approximate surface area is 373 Å². The molecule has 0 spiro atoms. The summed E-state index contributed by atoms with van der Waals surface area (Å²) < 4.78 is 58.1. The zero-order valence-electron chi connectivity index (χ0n) is 34.1. The predicted molar refractivity (Wildman–Crippen MR) is 235 cm³/mol. The number of alkyl halides is 3. The molecule has 0 fully saturated rings. The van der Waals surface area contributed by atoms with Crippen LogP contribution in [0, 0.1) is 0 Å². The SMILES string of the molecule is CCC(c1ccccc1)N1Cc2cc3c(cc2CC1C(=O)NC(Cc1ccc(-c2ccc(C(F)(F)F)cc2)cc1)C(=O)O)OCC(c1ccc(OCc2ccc(Cl)c(Cl)c2)cc1)O3. The third kappa shape index (κ3) is 10.1. The quantitative estimate of drug-likeness (QED) is 0.119. The van der Waals surface area contributed by atoms with Crippen LogP contribution in [-0.4, -0.2) is 40.6 Å². The Balaban J connectivity index is 0.980. The monoisotopic (exact) mass is 894 g/mol. The lowest BCUT2D eigenvalue weighted by Crippen LogP contribution is -2.55. The van der Waals surface area contributed by atoms with Gasteiger partial charge < -0.3 is 24.6 Å². The number of halogens is 5. The number of carboxylic acids is 1.